The lowest BCUT2D eigenvalue weighted by molar-refractivity contribution is -0.274. The minimum Gasteiger partial charge on any atom is -0.406 e. The smallest absolute Gasteiger partial charge is 0.406 e. The number of halogens is 6. The number of aliphatic hydroxyl groups excluding tert-OH is 1. The molecule has 0 fully saturated rings. The van der Waals surface area contributed by atoms with E-state index in [1.807, 2.05) is 0 Å². The molecule has 0 aliphatic carbocycles. The maximum Gasteiger partial charge on any atom is 0.573 e. The highest BCUT2D eigenvalue weighted by Crippen LogP contribution is 2.29. The molecule has 0 radical (unpaired) electrons. The van der Waals surface area contributed by atoms with E-state index >= 15 is 0 Å². The third kappa shape index (κ3) is 6.76. The fourth-order valence-electron chi connectivity index (χ4n) is 2.28. The molecule has 2 N–H and O–H groups in total. The SMILES string of the molecule is O=C(Cc1ccc(C(F)(F)F)cc1)NCC(O)c1ccc(OC(F)(F)F)cc1. The van der Waals surface area contributed by atoms with Gasteiger partial charge >= 0.3 is 12.5 Å². The van der Waals surface area contributed by atoms with Crippen molar-refractivity contribution in [1.29, 1.82) is 0 Å². The van der Waals surface area contributed by atoms with E-state index < -0.39 is 35.9 Å². The second kappa shape index (κ2) is 8.51. The lowest BCUT2D eigenvalue weighted by Crippen LogP contribution is -2.29. The van der Waals surface area contributed by atoms with Crippen LogP contribution in [0, 0.1) is 0 Å². The lowest BCUT2D eigenvalue weighted by atomic mass is 10.1. The summed E-state index contributed by atoms with van der Waals surface area (Å²) in [5.74, 6) is -0.981. The molecule has 152 valence electrons. The zero-order valence-electron chi connectivity index (χ0n) is 14.1. The van der Waals surface area contributed by atoms with Crippen LogP contribution in [0.15, 0.2) is 48.5 Å². The van der Waals surface area contributed by atoms with Crippen LogP contribution in [0.25, 0.3) is 0 Å². The predicted molar refractivity (Wildman–Crippen MR) is 86.2 cm³/mol. The number of amides is 1. The molecule has 2 aromatic rings. The summed E-state index contributed by atoms with van der Waals surface area (Å²) in [4.78, 5) is 11.9. The summed E-state index contributed by atoms with van der Waals surface area (Å²) in [5, 5.41) is 12.4. The Labute approximate surface area is 155 Å². The van der Waals surface area contributed by atoms with Crippen molar-refractivity contribution in [2.24, 2.45) is 0 Å². The quantitative estimate of drug-likeness (QED) is 0.712. The van der Waals surface area contributed by atoms with E-state index in [0.717, 1.165) is 24.3 Å². The number of aliphatic hydroxyl groups is 1. The Bertz CT molecular complexity index is 785. The largest absolute Gasteiger partial charge is 0.573 e. The van der Waals surface area contributed by atoms with E-state index in [2.05, 4.69) is 10.1 Å². The van der Waals surface area contributed by atoms with Crippen molar-refractivity contribution in [3.63, 3.8) is 0 Å². The van der Waals surface area contributed by atoms with Crippen LogP contribution >= 0.6 is 0 Å². The minimum absolute atomic E-state index is 0.191. The second-order valence-corrected chi connectivity index (χ2v) is 5.81. The maximum atomic E-state index is 12.5. The Hall–Kier alpha value is -2.75. The number of hydrogen-bond donors (Lipinski definition) is 2. The average molecular weight is 407 g/mol. The van der Waals surface area contributed by atoms with Gasteiger partial charge in [-0.25, -0.2) is 0 Å². The van der Waals surface area contributed by atoms with Crippen LogP contribution in [0.4, 0.5) is 26.3 Å². The van der Waals surface area contributed by atoms with Gasteiger partial charge in [-0.1, -0.05) is 24.3 Å². The Morgan fingerprint density at radius 3 is 2.04 bits per heavy atom. The number of ether oxygens (including phenoxy) is 1. The zero-order chi connectivity index (χ0) is 20.9. The number of carbonyl (C=O) groups excluding carboxylic acids is 1. The highest BCUT2D eigenvalue weighted by atomic mass is 19.4. The van der Waals surface area contributed by atoms with Crippen molar-refractivity contribution in [3.05, 3.63) is 65.2 Å². The first kappa shape index (κ1) is 21.5. The van der Waals surface area contributed by atoms with Crippen LogP contribution < -0.4 is 10.1 Å². The summed E-state index contributed by atoms with van der Waals surface area (Å²) in [6.07, 6.45) is -10.7. The first-order valence-corrected chi connectivity index (χ1v) is 7.90. The number of benzene rings is 2. The first-order valence-electron chi connectivity index (χ1n) is 7.90. The molecule has 10 heteroatoms. The number of carbonyl (C=O) groups is 1. The van der Waals surface area contributed by atoms with Gasteiger partial charge < -0.3 is 15.2 Å². The van der Waals surface area contributed by atoms with E-state index in [-0.39, 0.29) is 18.5 Å². The molecule has 0 aliphatic heterocycles. The van der Waals surface area contributed by atoms with Crippen LogP contribution in [-0.2, 0) is 17.4 Å². The second-order valence-electron chi connectivity index (χ2n) is 5.81. The van der Waals surface area contributed by atoms with Gasteiger partial charge in [0.25, 0.3) is 0 Å². The van der Waals surface area contributed by atoms with Gasteiger partial charge in [-0.05, 0) is 35.4 Å². The minimum atomic E-state index is -4.83. The molecule has 28 heavy (non-hydrogen) atoms. The molecule has 2 rings (SSSR count). The van der Waals surface area contributed by atoms with Gasteiger partial charge in [0.1, 0.15) is 5.75 Å². The van der Waals surface area contributed by atoms with Gasteiger partial charge in [-0.15, -0.1) is 13.2 Å². The van der Waals surface area contributed by atoms with Gasteiger partial charge in [0, 0.05) is 6.54 Å². The molecule has 4 nitrogen and oxygen atoms in total. The van der Waals surface area contributed by atoms with Gasteiger partial charge in [-0.2, -0.15) is 13.2 Å². The maximum absolute atomic E-state index is 12.5. The summed E-state index contributed by atoms with van der Waals surface area (Å²) in [7, 11) is 0. The van der Waals surface area contributed by atoms with Gasteiger partial charge in [-0.3, -0.25) is 4.79 Å². The number of nitrogens with one attached hydrogen (secondary N) is 1. The molecule has 0 heterocycles. The standard InChI is InChI=1S/C18H15F6NO3/c19-17(20,21)13-5-1-11(2-6-13)9-16(27)25-10-15(26)12-3-7-14(8-4-12)28-18(22,23)24/h1-8,15,26H,9-10H2,(H,25,27). The van der Waals surface area contributed by atoms with Crippen LogP contribution in [0.3, 0.4) is 0 Å². The highest BCUT2D eigenvalue weighted by molar-refractivity contribution is 5.78. The van der Waals surface area contributed by atoms with E-state index in [1.54, 1.807) is 0 Å². The normalized spacial score (nSPS) is 13.1. The summed E-state index contributed by atoms with van der Waals surface area (Å²) in [6.45, 7) is -0.223. The van der Waals surface area contributed by atoms with E-state index in [1.165, 1.54) is 24.3 Å². The third-order valence-corrected chi connectivity index (χ3v) is 3.64. The Balaban J connectivity index is 1.85. The van der Waals surface area contributed by atoms with Crippen molar-refractivity contribution >= 4 is 5.91 Å². The zero-order valence-corrected chi connectivity index (χ0v) is 14.1. The first-order chi connectivity index (χ1) is 12.9. The summed E-state index contributed by atoms with van der Waals surface area (Å²) in [5.41, 5.74) is -0.219. The van der Waals surface area contributed by atoms with Crippen LogP contribution in [0.5, 0.6) is 5.75 Å². The molecule has 0 spiro atoms. The molecule has 1 unspecified atom stereocenters. The van der Waals surface area contributed by atoms with Crippen molar-refractivity contribution in [2.75, 3.05) is 6.54 Å². The molecule has 0 aliphatic rings. The van der Waals surface area contributed by atoms with E-state index in [4.69, 9.17) is 0 Å². The topological polar surface area (TPSA) is 58.6 Å². The molecule has 0 saturated carbocycles. The number of alkyl halides is 6. The third-order valence-electron chi connectivity index (χ3n) is 3.64. The van der Waals surface area contributed by atoms with Gasteiger partial charge in [0.05, 0.1) is 18.1 Å². The number of rotatable bonds is 6. The molecule has 1 amide bonds. The molecule has 0 saturated heterocycles. The highest BCUT2D eigenvalue weighted by Gasteiger charge is 2.31. The van der Waals surface area contributed by atoms with Crippen LogP contribution in [0.1, 0.15) is 22.8 Å². The predicted octanol–water partition coefficient (Wildman–Crippen LogP) is 4.00. The number of hydrogen-bond acceptors (Lipinski definition) is 3. The molecule has 2 aromatic carbocycles. The molecular formula is C18H15F6NO3. The molecule has 1 atom stereocenters. The molecular weight excluding hydrogens is 392 g/mol. The van der Waals surface area contributed by atoms with Crippen molar-refractivity contribution < 1.29 is 41.0 Å². The fraction of sp³-hybridized carbons (Fsp3) is 0.278. The monoisotopic (exact) mass is 407 g/mol. The lowest BCUT2D eigenvalue weighted by Gasteiger charge is -2.14. The Kier molecular flexibility index (Phi) is 6.55. The summed E-state index contributed by atoms with van der Waals surface area (Å²) in [6, 6.07) is 8.56. The van der Waals surface area contributed by atoms with Crippen molar-refractivity contribution in [1.82, 2.24) is 5.32 Å². The fourth-order valence-corrected chi connectivity index (χ4v) is 2.28. The Morgan fingerprint density at radius 2 is 1.54 bits per heavy atom. The van der Waals surface area contributed by atoms with Gasteiger partial charge in [0.2, 0.25) is 5.91 Å². The van der Waals surface area contributed by atoms with Crippen molar-refractivity contribution in [2.45, 2.75) is 25.1 Å². The van der Waals surface area contributed by atoms with Crippen molar-refractivity contribution in [3.8, 4) is 5.75 Å². The van der Waals surface area contributed by atoms with Crippen LogP contribution in [-0.4, -0.2) is 23.9 Å². The Morgan fingerprint density at radius 1 is 0.964 bits per heavy atom. The van der Waals surface area contributed by atoms with E-state index in [0.29, 0.717) is 5.56 Å². The molecule has 0 bridgehead atoms. The van der Waals surface area contributed by atoms with E-state index in [9.17, 15) is 36.2 Å². The van der Waals surface area contributed by atoms with Crippen LogP contribution in [0.2, 0.25) is 0 Å². The summed E-state index contributed by atoms with van der Waals surface area (Å²) < 4.78 is 77.5. The summed E-state index contributed by atoms with van der Waals surface area (Å²) >= 11 is 0. The average Bonchev–Trinajstić information content (AvgIpc) is 2.58. The molecule has 0 aromatic heterocycles. The van der Waals surface area contributed by atoms with Gasteiger partial charge in [0.15, 0.2) is 0 Å².